The Hall–Kier alpha value is -0.610. The van der Waals surface area contributed by atoms with Gasteiger partial charge in [0.05, 0.1) is 0 Å². The van der Waals surface area contributed by atoms with Crippen LogP contribution < -0.4 is 10.6 Å². The van der Waals surface area contributed by atoms with Gasteiger partial charge >= 0.3 is 0 Å². The Morgan fingerprint density at radius 2 is 2.00 bits per heavy atom. The molecule has 0 bridgehead atoms. The summed E-state index contributed by atoms with van der Waals surface area (Å²) >= 11 is 0. The summed E-state index contributed by atoms with van der Waals surface area (Å²) in [5, 5.41) is 15.2. The third-order valence-electron chi connectivity index (χ3n) is 3.27. The summed E-state index contributed by atoms with van der Waals surface area (Å²) in [6.07, 6.45) is 3.60. The van der Waals surface area contributed by atoms with Gasteiger partial charge in [-0.15, -0.1) is 0 Å². The third-order valence-corrected chi connectivity index (χ3v) is 3.27. The molecule has 0 heterocycles. The second-order valence-corrected chi connectivity index (χ2v) is 6.18. The van der Waals surface area contributed by atoms with Gasteiger partial charge in [0.15, 0.2) is 0 Å². The molecule has 4 nitrogen and oxygen atoms in total. The van der Waals surface area contributed by atoms with Crippen molar-refractivity contribution < 1.29 is 9.90 Å². The summed E-state index contributed by atoms with van der Waals surface area (Å²) < 4.78 is 0. The zero-order valence-corrected chi connectivity index (χ0v) is 11.3. The van der Waals surface area contributed by atoms with E-state index in [4.69, 9.17) is 5.11 Å². The molecule has 4 heteroatoms. The van der Waals surface area contributed by atoms with E-state index in [9.17, 15) is 4.79 Å². The van der Waals surface area contributed by atoms with Crippen molar-refractivity contribution in [2.24, 2.45) is 5.41 Å². The lowest BCUT2D eigenvalue weighted by molar-refractivity contribution is -0.121. The lowest BCUT2D eigenvalue weighted by Crippen LogP contribution is -2.39. The van der Waals surface area contributed by atoms with E-state index in [1.165, 1.54) is 0 Å². The molecule has 100 valence electrons. The summed E-state index contributed by atoms with van der Waals surface area (Å²) in [5.41, 5.74) is 0.275. The second kappa shape index (κ2) is 5.83. The van der Waals surface area contributed by atoms with Crippen LogP contribution in [-0.4, -0.2) is 36.2 Å². The quantitative estimate of drug-likeness (QED) is 0.625. The minimum absolute atomic E-state index is 0.0644. The van der Waals surface area contributed by atoms with E-state index in [0.29, 0.717) is 13.0 Å². The van der Waals surface area contributed by atoms with Crippen molar-refractivity contribution in [3.63, 3.8) is 0 Å². The molecule has 0 atom stereocenters. The zero-order valence-electron chi connectivity index (χ0n) is 11.3. The lowest BCUT2D eigenvalue weighted by Gasteiger charge is -2.20. The van der Waals surface area contributed by atoms with Gasteiger partial charge in [0.2, 0.25) is 5.91 Å². The summed E-state index contributed by atoms with van der Waals surface area (Å²) in [6.45, 7) is 7.92. The molecule has 1 amide bonds. The minimum Gasteiger partial charge on any atom is -0.396 e. The zero-order chi connectivity index (χ0) is 12.9. The molecule has 0 spiro atoms. The molecule has 1 aliphatic carbocycles. The summed E-state index contributed by atoms with van der Waals surface area (Å²) in [7, 11) is 0. The highest BCUT2D eigenvalue weighted by Crippen LogP contribution is 2.47. The first-order chi connectivity index (χ1) is 7.87. The molecule has 0 radical (unpaired) electrons. The number of hydrogen-bond acceptors (Lipinski definition) is 3. The monoisotopic (exact) mass is 242 g/mol. The SMILES string of the molecule is CC(C)(C)NCCC(=O)NCC1(CCO)CC1. The van der Waals surface area contributed by atoms with Crippen molar-refractivity contribution in [1.82, 2.24) is 10.6 Å². The molecule has 0 unspecified atom stereocenters. The standard InChI is InChI=1S/C13H26N2O2/c1-12(2,3)15-8-4-11(17)14-10-13(5-6-13)7-9-16/h15-16H,4-10H2,1-3H3,(H,14,17). The molecule has 1 fully saturated rings. The lowest BCUT2D eigenvalue weighted by atomic mass is 10.0. The van der Waals surface area contributed by atoms with Crippen molar-refractivity contribution in [2.45, 2.75) is 52.0 Å². The Kier molecular flexibility index (Phi) is 4.95. The predicted molar refractivity (Wildman–Crippen MR) is 68.8 cm³/mol. The fraction of sp³-hybridized carbons (Fsp3) is 0.923. The van der Waals surface area contributed by atoms with Crippen molar-refractivity contribution in [3.8, 4) is 0 Å². The Balaban J connectivity index is 2.10. The first-order valence-corrected chi connectivity index (χ1v) is 6.50. The van der Waals surface area contributed by atoms with E-state index in [0.717, 1.165) is 25.8 Å². The van der Waals surface area contributed by atoms with Gasteiger partial charge in [-0.1, -0.05) is 0 Å². The molecular weight excluding hydrogens is 216 g/mol. The fourth-order valence-corrected chi connectivity index (χ4v) is 1.85. The molecule has 0 aromatic rings. The molecule has 0 aromatic heterocycles. The van der Waals surface area contributed by atoms with E-state index in [1.54, 1.807) is 0 Å². The Morgan fingerprint density at radius 1 is 1.35 bits per heavy atom. The van der Waals surface area contributed by atoms with Gasteiger partial charge in [-0.05, 0) is 45.4 Å². The third kappa shape index (κ3) is 6.03. The molecule has 0 aliphatic heterocycles. The van der Waals surface area contributed by atoms with Crippen molar-refractivity contribution in [2.75, 3.05) is 19.7 Å². The number of carbonyl (C=O) groups excluding carboxylic acids is 1. The maximum absolute atomic E-state index is 11.6. The number of amides is 1. The fourth-order valence-electron chi connectivity index (χ4n) is 1.85. The van der Waals surface area contributed by atoms with Crippen LogP contribution in [0.3, 0.4) is 0 Å². The largest absolute Gasteiger partial charge is 0.396 e. The molecular formula is C13H26N2O2. The number of hydrogen-bond donors (Lipinski definition) is 3. The van der Waals surface area contributed by atoms with Crippen LogP contribution in [0.5, 0.6) is 0 Å². The highest BCUT2D eigenvalue weighted by Gasteiger charge is 2.41. The first kappa shape index (κ1) is 14.5. The van der Waals surface area contributed by atoms with Gasteiger partial charge in [-0.2, -0.15) is 0 Å². The van der Waals surface area contributed by atoms with Crippen LogP contribution in [0.2, 0.25) is 0 Å². The van der Waals surface area contributed by atoms with Crippen molar-refractivity contribution in [3.05, 3.63) is 0 Å². The Bertz CT molecular complexity index is 255. The van der Waals surface area contributed by atoms with E-state index < -0.39 is 0 Å². The van der Waals surface area contributed by atoms with Crippen LogP contribution >= 0.6 is 0 Å². The Morgan fingerprint density at radius 3 is 2.47 bits per heavy atom. The molecule has 3 N–H and O–H groups in total. The number of aliphatic hydroxyl groups is 1. The smallest absolute Gasteiger partial charge is 0.221 e. The number of nitrogens with one attached hydrogen (secondary N) is 2. The minimum atomic E-state index is 0.0644. The van der Waals surface area contributed by atoms with Gasteiger partial charge in [0.25, 0.3) is 0 Å². The van der Waals surface area contributed by atoms with Gasteiger partial charge in [-0.3, -0.25) is 4.79 Å². The van der Waals surface area contributed by atoms with Gasteiger partial charge in [-0.25, -0.2) is 0 Å². The van der Waals surface area contributed by atoms with Gasteiger partial charge < -0.3 is 15.7 Å². The average Bonchev–Trinajstić information content (AvgIpc) is 2.94. The number of carbonyl (C=O) groups is 1. The summed E-state index contributed by atoms with van der Waals surface area (Å²) in [5.74, 6) is 0.103. The predicted octanol–water partition coefficient (Wildman–Crippen LogP) is 1.04. The van der Waals surface area contributed by atoms with Crippen molar-refractivity contribution in [1.29, 1.82) is 0 Å². The van der Waals surface area contributed by atoms with E-state index >= 15 is 0 Å². The normalized spacial score (nSPS) is 17.9. The molecule has 1 saturated carbocycles. The van der Waals surface area contributed by atoms with Crippen LogP contribution in [-0.2, 0) is 4.79 Å². The number of aliphatic hydroxyl groups excluding tert-OH is 1. The van der Waals surface area contributed by atoms with Crippen LogP contribution in [0.15, 0.2) is 0 Å². The topological polar surface area (TPSA) is 61.4 Å². The maximum atomic E-state index is 11.6. The van der Waals surface area contributed by atoms with E-state index in [2.05, 4.69) is 31.4 Å². The van der Waals surface area contributed by atoms with E-state index in [1.807, 2.05) is 0 Å². The van der Waals surface area contributed by atoms with E-state index in [-0.39, 0.29) is 23.5 Å². The summed E-state index contributed by atoms with van der Waals surface area (Å²) in [6, 6.07) is 0. The molecule has 0 aromatic carbocycles. The molecule has 1 aliphatic rings. The van der Waals surface area contributed by atoms with Crippen molar-refractivity contribution >= 4 is 5.91 Å². The van der Waals surface area contributed by atoms with Gasteiger partial charge in [0, 0.05) is 31.7 Å². The highest BCUT2D eigenvalue weighted by atomic mass is 16.3. The molecule has 17 heavy (non-hydrogen) atoms. The second-order valence-electron chi connectivity index (χ2n) is 6.18. The molecule has 1 rings (SSSR count). The molecule has 0 saturated heterocycles. The average molecular weight is 242 g/mol. The van der Waals surface area contributed by atoms with Crippen LogP contribution in [0, 0.1) is 5.41 Å². The van der Waals surface area contributed by atoms with Gasteiger partial charge in [0.1, 0.15) is 0 Å². The number of rotatable bonds is 7. The highest BCUT2D eigenvalue weighted by molar-refractivity contribution is 5.76. The Labute approximate surface area is 104 Å². The maximum Gasteiger partial charge on any atom is 0.221 e. The summed E-state index contributed by atoms with van der Waals surface area (Å²) in [4.78, 5) is 11.6. The van der Waals surface area contributed by atoms with Crippen LogP contribution in [0.4, 0.5) is 0 Å². The van der Waals surface area contributed by atoms with Crippen LogP contribution in [0.25, 0.3) is 0 Å². The first-order valence-electron chi connectivity index (χ1n) is 6.50. The van der Waals surface area contributed by atoms with Crippen LogP contribution in [0.1, 0.15) is 46.5 Å².